The minimum atomic E-state index is -2.26. The van der Waals surface area contributed by atoms with Crippen molar-refractivity contribution in [2.24, 2.45) is 0 Å². The standard InChI is InChI=1S/C32H34O4Si.C19H22O4/c1-26-15-19-29(20-16-26)34-24-28(33)25-35-30-21-17-27(18-22-30)10-9-23-36-37(2,31-11-5-3-6-12-31)32-13-7-4-8-14-32;1-15-4-8-18(9-5-15)22-13-17(21)14-23-19-10-6-16(7-11-19)3-2-12-20/h3-8,11-22H,9-10,23-25H2,1-2H3;4-11,20H,2-3,12-14H2,1H3. The quantitative estimate of drug-likeness (QED) is 0.0540. The fourth-order valence-corrected chi connectivity index (χ4v) is 9.07. The molecule has 0 heterocycles. The average Bonchev–Trinajstić information content (AvgIpc) is 3.29. The molecule has 0 bridgehead atoms. The number of hydrogen-bond acceptors (Lipinski definition) is 8. The fourth-order valence-electron chi connectivity index (χ4n) is 6.19. The fraction of sp³-hybridized carbons (Fsp3) is 0.255. The minimum absolute atomic E-state index is 0.00234. The number of aliphatic hydroxyl groups is 1. The number of ketones is 2. The predicted octanol–water partition coefficient (Wildman–Crippen LogP) is 8.31. The number of ether oxygens (including phenoxy) is 4. The van der Waals surface area contributed by atoms with Gasteiger partial charge in [0.25, 0.3) is 8.32 Å². The van der Waals surface area contributed by atoms with E-state index in [1.165, 1.54) is 15.9 Å². The molecule has 6 aromatic rings. The van der Waals surface area contributed by atoms with Crippen molar-refractivity contribution in [3.8, 4) is 23.0 Å². The van der Waals surface area contributed by atoms with Gasteiger partial charge in [0.1, 0.15) is 49.4 Å². The first kappa shape index (κ1) is 45.1. The molecule has 0 amide bonds. The Morgan fingerprint density at radius 3 is 1.15 bits per heavy atom. The van der Waals surface area contributed by atoms with Gasteiger partial charge in [-0.2, -0.15) is 0 Å². The first-order valence-electron chi connectivity index (χ1n) is 20.4. The Labute approximate surface area is 355 Å². The van der Waals surface area contributed by atoms with Crippen LogP contribution in [0.25, 0.3) is 0 Å². The zero-order chi connectivity index (χ0) is 42.4. The van der Waals surface area contributed by atoms with E-state index in [2.05, 4.69) is 55.1 Å². The summed E-state index contributed by atoms with van der Waals surface area (Å²) in [5, 5.41) is 11.4. The lowest BCUT2D eigenvalue weighted by molar-refractivity contribution is -0.123. The highest BCUT2D eigenvalue weighted by atomic mass is 28.4. The van der Waals surface area contributed by atoms with Crippen molar-refractivity contribution in [3.63, 3.8) is 0 Å². The molecule has 312 valence electrons. The van der Waals surface area contributed by atoms with Crippen LogP contribution in [-0.4, -0.2) is 64.6 Å². The van der Waals surface area contributed by atoms with Crippen molar-refractivity contribution in [2.45, 2.75) is 46.1 Å². The van der Waals surface area contributed by atoms with E-state index in [9.17, 15) is 9.59 Å². The van der Waals surface area contributed by atoms with Gasteiger partial charge in [-0.05, 0) is 116 Å². The average molecular weight is 825 g/mol. The van der Waals surface area contributed by atoms with Gasteiger partial charge in [-0.3, -0.25) is 9.59 Å². The van der Waals surface area contributed by atoms with Crippen LogP contribution in [-0.2, 0) is 26.9 Å². The van der Waals surface area contributed by atoms with E-state index in [1.807, 2.05) is 123 Å². The second-order valence-corrected chi connectivity index (χ2v) is 18.2. The SMILES string of the molecule is Cc1ccc(OCC(=O)COc2ccc(CCCO)cc2)cc1.Cc1ccc(OCC(=O)COc2ccc(CCCO[Si](C)(c3ccccc3)c3ccccc3)cc2)cc1. The van der Waals surface area contributed by atoms with Crippen LogP contribution in [0.15, 0.2) is 158 Å². The summed E-state index contributed by atoms with van der Waals surface area (Å²) < 4.78 is 28.7. The van der Waals surface area contributed by atoms with Crippen molar-refractivity contribution in [2.75, 3.05) is 39.6 Å². The van der Waals surface area contributed by atoms with E-state index in [-0.39, 0.29) is 44.6 Å². The Morgan fingerprint density at radius 2 is 0.800 bits per heavy atom. The van der Waals surface area contributed by atoms with E-state index >= 15 is 0 Å². The zero-order valence-corrected chi connectivity index (χ0v) is 35.9. The van der Waals surface area contributed by atoms with Gasteiger partial charge in [0.15, 0.2) is 0 Å². The molecule has 0 aliphatic heterocycles. The van der Waals surface area contributed by atoms with E-state index in [1.54, 1.807) is 0 Å². The molecule has 9 heteroatoms. The van der Waals surface area contributed by atoms with Gasteiger partial charge in [-0.1, -0.05) is 120 Å². The molecule has 0 aliphatic rings. The highest BCUT2D eigenvalue weighted by molar-refractivity contribution is 6.96. The zero-order valence-electron chi connectivity index (χ0n) is 34.9. The van der Waals surface area contributed by atoms with Gasteiger partial charge in [0.2, 0.25) is 11.6 Å². The van der Waals surface area contributed by atoms with Crippen LogP contribution in [0, 0.1) is 13.8 Å². The van der Waals surface area contributed by atoms with Gasteiger partial charge >= 0.3 is 0 Å². The second-order valence-electron chi connectivity index (χ2n) is 14.7. The first-order valence-corrected chi connectivity index (χ1v) is 22.8. The van der Waals surface area contributed by atoms with Gasteiger partial charge < -0.3 is 28.5 Å². The Hall–Kier alpha value is -6.00. The molecule has 0 aliphatic carbocycles. The van der Waals surface area contributed by atoms with Crippen molar-refractivity contribution < 1.29 is 38.1 Å². The van der Waals surface area contributed by atoms with E-state index < -0.39 is 8.32 Å². The van der Waals surface area contributed by atoms with Crippen LogP contribution >= 0.6 is 0 Å². The van der Waals surface area contributed by atoms with Gasteiger partial charge in [0.05, 0.1) is 0 Å². The van der Waals surface area contributed by atoms with Crippen LogP contribution < -0.4 is 29.3 Å². The summed E-state index contributed by atoms with van der Waals surface area (Å²) in [5.74, 6) is 2.47. The summed E-state index contributed by atoms with van der Waals surface area (Å²) in [5.41, 5.74) is 4.65. The van der Waals surface area contributed by atoms with Crippen LogP contribution in [0.3, 0.4) is 0 Å². The van der Waals surface area contributed by atoms with Gasteiger partial charge in [-0.15, -0.1) is 0 Å². The number of Topliss-reactive ketones (excluding diaryl/α,β-unsaturated/α-hetero) is 2. The Kier molecular flexibility index (Phi) is 18.2. The van der Waals surface area contributed by atoms with E-state index in [4.69, 9.17) is 28.5 Å². The number of aliphatic hydroxyl groups excluding tert-OH is 1. The molecule has 0 spiro atoms. The monoisotopic (exact) mass is 824 g/mol. The Balaban J connectivity index is 0.000000255. The molecule has 1 N–H and O–H groups in total. The van der Waals surface area contributed by atoms with E-state index in [0.29, 0.717) is 29.6 Å². The molecule has 0 aromatic heterocycles. The lowest BCUT2D eigenvalue weighted by atomic mass is 10.1. The molecule has 6 aromatic carbocycles. The summed E-state index contributed by atoms with van der Waals surface area (Å²) in [6.45, 7) is 7.13. The molecular weight excluding hydrogens is 769 g/mol. The molecule has 0 unspecified atom stereocenters. The van der Waals surface area contributed by atoms with Crippen molar-refractivity contribution in [3.05, 3.63) is 180 Å². The molecule has 0 fully saturated rings. The van der Waals surface area contributed by atoms with E-state index in [0.717, 1.165) is 42.4 Å². The van der Waals surface area contributed by atoms with Crippen LogP contribution in [0.4, 0.5) is 0 Å². The number of benzene rings is 6. The van der Waals surface area contributed by atoms with Gasteiger partial charge in [-0.25, -0.2) is 0 Å². The number of aryl methyl sites for hydroxylation is 4. The van der Waals surface area contributed by atoms with Gasteiger partial charge in [0, 0.05) is 13.2 Å². The summed E-state index contributed by atoms with van der Waals surface area (Å²) in [4.78, 5) is 23.9. The normalized spacial score (nSPS) is 10.9. The number of rotatable bonds is 22. The Bertz CT molecular complexity index is 2100. The van der Waals surface area contributed by atoms with Crippen molar-refractivity contribution >= 4 is 30.3 Å². The molecule has 0 atom stereocenters. The molecule has 60 heavy (non-hydrogen) atoms. The number of carbonyl (C=O) groups excluding carboxylic acids is 2. The molecule has 6 rings (SSSR count). The molecule has 0 saturated carbocycles. The maximum absolute atomic E-state index is 12.1. The predicted molar refractivity (Wildman–Crippen MR) is 241 cm³/mol. The topological polar surface area (TPSA) is 101 Å². The molecule has 0 saturated heterocycles. The maximum Gasteiger partial charge on any atom is 0.252 e. The van der Waals surface area contributed by atoms with Crippen LogP contribution in [0.1, 0.15) is 35.1 Å². The third-order valence-electron chi connectivity index (χ3n) is 9.76. The number of carbonyl (C=O) groups is 2. The largest absolute Gasteiger partial charge is 0.486 e. The minimum Gasteiger partial charge on any atom is -0.486 e. The molecular formula is C51H56O8Si. The van der Waals surface area contributed by atoms with Crippen LogP contribution in [0.2, 0.25) is 6.55 Å². The second kappa shape index (κ2) is 24.2. The van der Waals surface area contributed by atoms with Crippen molar-refractivity contribution in [1.82, 2.24) is 0 Å². The highest BCUT2D eigenvalue weighted by Gasteiger charge is 2.33. The summed E-state index contributed by atoms with van der Waals surface area (Å²) in [6, 6.07) is 51.8. The molecule has 0 radical (unpaired) electrons. The summed E-state index contributed by atoms with van der Waals surface area (Å²) >= 11 is 0. The van der Waals surface area contributed by atoms with Crippen molar-refractivity contribution in [1.29, 1.82) is 0 Å². The summed E-state index contributed by atoms with van der Waals surface area (Å²) in [6.07, 6.45) is 3.42. The van der Waals surface area contributed by atoms with Crippen LogP contribution in [0.5, 0.6) is 23.0 Å². The lowest BCUT2D eigenvalue weighted by Gasteiger charge is -2.28. The lowest BCUT2D eigenvalue weighted by Crippen LogP contribution is -2.58. The number of hydrogen-bond donors (Lipinski definition) is 1. The summed E-state index contributed by atoms with van der Waals surface area (Å²) in [7, 11) is -2.26. The third kappa shape index (κ3) is 15.3. The highest BCUT2D eigenvalue weighted by Crippen LogP contribution is 2.17. The first-order chi connectivity index (χ1) is 29.2. The smallest absolute Gasteiger partial charge is 0.252 e. The molecule has 8 nitrogen and oxygen atoms in total. The Morgan fingerprint density at radius 1 is 0.467 bits per heavy atom. The maximum atomic E-state index is 12.1. The third-order valence-corrected chi connectivity index (χ3v) is 13.4.